The molecule has 0 saturated heterocycles. The van der Waals surface area contributed by atoms with E-state index < -0.39 is 0 Å². The summed E-state index contributed by atoms with van der Waals surface area (Å²) in [5, 5.41) is 11.4. The number of nitrogens with one attached hydrogen (secondary N) is 1. The largest absolute Gasteiger partial charge is 0.341 e. The normalized spacial score (nSPS) is 12.6. The van der Waals surface area contributed by atoms with Crippen LogP contribution in [0.4, 0.5) is 0 Å². The molecule has 2 aromatic rings. The number of carbonyl (C=O) groups is 1. The zero-order valence-electron chi connectivity index (χ0n) is 12.9. The first-order valence-corrected chi connectivity index (χ1v) is 7.30. The van der Waals surface area contributed by atoms with Crippen LogP contribution in [0, 0.1) is 0 Å². The van der Waals surface area contributed by atoms with E-state index in [-0.39, 0.29) is 18.0 Å². The smallest absolute Gasteiger partial charge is 0.272 e. The van der Waals surface area contributed by atoms with Gasteiger partial charge in [0.15, 0.2) is 0 Å². The second kappa shape index (κ2) is 6.51. The molecule has 2 aromatic heterocycles. The SMILES string of the molecule is CC[C@@H](NC(=O)c1ccn(C(C)C)n1)c1ncnn1CC. The molecule has 0 aliphatic heterocycles. The Morgan fingerprint density at radius 3 is 2.71 bits per heavy atom. The van der Waals surface area contributed by atoms with E-state index in [9.17, 15) is 4.79 Å². The third kappa shape index (κ3) is 3.29. The summed E-state index contributed by atoms with van der Waals surface area (Å²) < 4.78 is 3.56. The molecule has 0 fully saturated rings. The topological polar surface area (TPSA) is 77.6 Å². The first-order chi connectivity index (χ1) is 10.1. The van der Waals surface area contributed by atoms with Gasteiger partial charge in [-0.25, -0.2) is 9.67 Å². The molecule has 0 saturated carbocycles. The molecule has 0 aliphatic carbocycles. The second-order valence-corrected chi connectivity index (χ2v) is 5.14. The summed E-state index contributed by atoms with van der Waals surface area (Å²) in [6.45, 7) is 8.77. The molecule has 0 unspecified atom stereocenters. The monoisotopic (exact) mass is 290 g/mol. The predicted octanol–water partition coefficient (Wildman–Crippen LogP) is 1.96. The van der Waals surface area contributed by atoms with Crippen LogP contribution in [-0.2, 0) is 6.54 Å². The fourth-order valence-electron chi connectivity index (χ4n) is 2.11. The Labute approximate surface area is 124 Å². The summed E-state index contributed by atoms with van der Waals surface area (Å²) in [7, 11) is 0. The third-order valence-electron chi connectivity index (χ3n) is 3.34. The van der Waals surface area contributed by atoms with Crippen molar-refractivity contribution in [1.82, 2.24) is 29.9 Å². The summed E-state index contributed by atoms with van der Waals surface area (Å²) in [5.41, 5.74) is 0.421. The fraction of sp³-hybridized carbons (Fsp3) is 0.571. The van der Waals surface area contributed by atoms with E-state index in [0.29, 0.717) is 5.69 Å². The molecular formula is C14H22N6O. The van der Waals surface area contributed by atoms with Crippen molar-refractivity contribution >= 4 is 5.91 Å². The van der Waals surface area contributed by atoms with Gasteiger partial charge in [-0.05, 0) is 33.3 Å². The molecule has 7 heteroatoms. The molecule has 0 radical (unpaired) electrons. The Bertz CT molecular complexity index is 600. The van der Waals surface area contributed by atoms with Gasteiger partial charge in [0.2, 0.25) is 0 Å². The lowest BCUT2D eigenvalue weighted by Crippen LogP contribution is -2.30. The van der Waals surface area contributed by atoms with Crippen molar-refractivity contribution in [2.24, 2.45) is 0 Å². The van der Waals surface area contributed by atoms with E-state index in [4.69, 9.17) is 0 Å². The molecule has 1 atom stereocenters. The second-order valence-electron chi connectivity index (χ2n) is 5.14. The maximum atomic E-state index is 12.3. The Balaban J connectivity index is 2.12. The van der Waals surface area contributed by atoms with Gasteiger partial charge in [-0.1, -0.05) is 6.92 Å². The minimum absolute atomic E-state index is 0.163. The number of aryl methyl sites for hydroxylation is 1. The Morgan fingerprint density at radius 2 is 2.14 bits per heavy atom. The lowest BCUT2D eigenvalue weighted by Gasteiger charge is -2.16. The van der Waals surface area contributed by atoms with E-state index in [1.807, 2.05) is 33.9 Å². The van der Waals surface area contributed by atoms with Crippen LogP contribution in [0.1, 0.15) is 62.5 Å². The van der Waals surface area contributed by atoms with Crippen molar-refractivity contribution in [2.75, 3.05) is 0 Å². The van der Waals surface area contributed by atoms with Gasteiger partial charge >= 0.3 is 0 Å². The lowest BCUT2D eigenvalue weighted by atomic mass is 10.2. The van der Waals surface area contributed by atoms with Crippen LogP contribution in [0.5, 0.6) is 0 Å². The number of amides is 1. The van der Waals surface area contributed by atoms with Gasteiger partial charge in [-0.3, -0.25) is 9.48 Å². The first-order valence-electron chi connectivity index (χ1n) is 7.30. The first kappa shape index (κ1) is 15.2. The van der Waals surface area contributed by atoms with Gasteiger partial charge in [-0.2, -0.15) is 10.2 Å². The molecular weight excluding hydrogens is 268 g/mol. The molecule has 7 nitrogen and oxygen atoms in total. The van der Waals surface area contributed by atoms with Gasteiger partial charge in [-0.15, -0.1) is 0 Å². The molecule has 1 amide bonds. The molecule has 0 spiro atoms. The van der Waals surface area contributed by atoms with Crippen LogP contribution in [0.3, 0.4) is 0 Å². The molecule has 0 bridgehead atoms. The highest BCUT2D eigenvalue weighted by atomic mass is 16.2. The summed E-state index contributed by atoms with van der Waals surface area (Å²) >= 11 is 0. The maximum absolute atomic E-state index is 12.3. The van der Waals surface area contributed by atoms with Crippen molar-refractivity contribution in [3.8, 4) is 0 Å². The van der Waals surface area contributed by atoms with Gasteiger partial charge in [0.1, 0.15) is 17.8 Å². The number of carbonyl (C=O) groups excluding carboxylic acids is 1. The third-order valence-corrected chi connectivity index (χ3v) is 3.34. The highest BCUT2D eigenvalue weighted by molar-refractivity contribution is 5.92. The summed E-state index contributed by atoms with van der Waals surface area (Å²) in [4.78, 5) is 16.6. The quantitative estimate of drug-likeness (QED) is 0.882. The van der Waals surface area contributed by atoms with Crippen LogP contribution < -0.4 is 5.32 Å². The number of aromatic nitrogens is 5. The molecule has 2 heterocycles. The van der Waals surface area contributed by atoms with Gasteiger partial charge < -0.3 is 5.32 Å². The van der Waals surface area contributed by atoms with Crippen LogP contribution in [0.2, 0.25) is 0 Å². The predicted molar refractivity (Wildman–Crippen MR) is 78.8 cm³/mol. The Morgan fingerprint density at radius 1 is 1.38 bits per heavy atom. The van der Waals surface area contributed by atoms with Crippen molar-refractivity contribution in [2.45, 2.75) is 52.7 Å². The molecule has 21 heavy (non-hydrogen) atoms. The number of hydrogen-bond acceptors (Lipinski definition) is 4. The minimum atomic E-state index is -0.188. The summed E-state index contributed by atoms with van der Waals surface area (Å²) in [5.74, 6) is 0.587. The van der Waals surface area contributed by atoms with Crippen LogP contribution >= 0.6 is 0 Å². The van der Waals surface area contributed by atoms with E-state index in [2.05, 4.69) is 20.5 Å². The number of hydrogen-bond donors (Lipinski definition) is 1. The van der Waals surface area contributed by atoms with Gasteiger partial charge in [0, 0.05) is 18.8 Å². The molecule has 0 aromatic carbocycles. The molecule has 114 valence electrons. The van der Waals surface area contributed by atoms with Gasteiger partial charge in [0.25, 0.3) is 5.91 Å². The highest BCUT2D eigenvalue weighted by Crippen LogP contribution is 2.14. The Kier molecular flexibility index (Phi) is 4.72. The minimum Gasteiger partial charge on any atom is -0.341 e. The van der Waals surface area contributed by atoms with Crippen molar-refractivity contribution in [3.05, 3.63) is 30.1 Å². The van der Waals surface area contributed by atoms with Crippen molar-refractivity contribution < 1.29 is 4.79 Å². The standard InChI is InChI=1S/C14H22N6O/c1-5-11(13-15-9-16-19(13)6-2)17-14(21)12-7-8-20(18-12)10(3)4/h7-11H,5-6H2,1-4H3,(H,17,21)/t11-/m1/s1. The molecule has 0 aliphatic rings. The summed E-state index contributed by atoms with van der Waals surface area (Å²) in [6.07, 6.45) is 4.07. The van der Waals surface area contributed by atoms with E-state index in [0.717, 1.165) is 18.8 Å². The van der Waals surface area contributed by atoms with Crippen molar-refractivity contribution in [3.63, 3.8) is 0 Å². The zero-order valence-corrected chi connectivity index (χ0v) is 12.9. The number of rotatable bonds is 6. The van der Waals surface area contributed by atoms with E-state index >= 15 is 0 Å². The highest BCUT2D eigenvalue weighted by Gasteiger charge is 2.20. The van der Waals surface area contributed by atoms with E-state index in [1.54, 1.807) is 15.4 Å². The summed E-state index contributed by atoms with van der Waals surface area (Å²) in [6, 6.07) is 1.80. The van der Waals surface area contributed by atoms with Crippen LogP contribution in [0.15, 0.2) is 18.6 Å². The average molecular weight is 290 g/mol. The van der Waals surface area contributed by atoms with Crippen molar-refractivity contribution in [1.29, 1.82) is 0 Å². The van der Waals surface area contributed by atoms with Crippen LogP contribution in [0.25, 0.3) is 0 Å². The maximum Gasteiger partial charge on any atom is 0.272 e. The Hall–Kier alpha value is -2.18. The average Bonchev–Trinajstić information content (AvgIpc) is 3.12. The lowest BCUT2D eigenvalue weighted by molar-refractivity contribution is 0.0926. The zero-order chi connectivity index (χ0) is 15.4. The van der Waals surface area contributed by atoms with E-state index in [1.165, 1.54) is 6.33 Å². The van der Waals surface area contributed by atoms with Crippen LogP contribution in [-0.4, -0.2) is 30.5 Å². The van der Waals surface area contributed by atoms with Gasteiger partial charge in [0.05, 0.1) is 6.04 Å². The molecule has 2 rings (SSSR count). The number of nitrogens with zero attached hydrogens (tertiary/aromatic N) is 5. The fourth-order valence-corrected chi connectivity index (χ4v) is 2.11. The molecule has 1 N–H and O–H groups in total.